The van der Waals surface area contributed by atoms with Gasteiger partial charge >= 0.3 is 0 Å². The molecule has 144 valence electrons. The van der Waals surface area contributed by atoms with Crippen molar-refractivity contribution < 1.29 is 14.3 Å². The molecule has 1 saturated carbocycles. The first-order valence-corrected chi connectivity index (χ1v) is 10.3. The maximum Gasteiger partial charge on any atom is 0.224 e. The van der Waals surface area contributed by atoms with Crippen molar-refractivity contribution in [2.45, 2.75) is 39.2 Å². The van der Waals surface area contributed by atoms with Gasteiger partial charge in [-0.2, -0.15) is 0 Å². The Morgan fingerprint density at radius 3 is 2.59 bits per heavy atom. The number of hydrogen-bond acceptors (Lipinski definition) is 3. The topological polar surface area (TPSA) is 47.6 Å². The summed E-state index contributed by atoms with van der Waals surface area (Å²) >= 11 is 3.50. The van der Waals surface area contributed by atoms with Gasteiger partial charge in [0.05, 0.1) is 19.3 Å². The minimum Gasteiger partial charge on any atom is -0.490 e. The van der Waals surface area contributed by atoms with E-state index in [0.29, 0.717) is 19.1 Å². The van der Waals surface area contributed by atoms with Gasteiger partial charge in [-0.3, -0.25) is 4.79 Å². The van der Waals surface area contributed by atoms with Crippen LogP contribution in [0.2, 0.25) is 0 Å². The molecule has 0 radical (unpaired) electrons. The highest BCUT2D eigenvalue weighted by Gasteiger charge is 2.44. The highest BCUT2D eigenvalue weighted by Crippen LogP contribution is 2.48. The molecule has 2 aromatic rings. The Kier molecular flexibility index (Phi) is 6.42. The molecule has 2 aromatic carbocycles. The molecule has 0 spiro atoms. The third kappa shape index (κ3) is 4.83. The van der Waals surface area contributed by atoms with Crippen molar-refractivity contribution in [1.82, 2.24) is 5.32 Å². The van der Waals surface area contributed by atoms with Crippen LogP contribution in [0.5, 0.6) is 11.5 Å². The molecule has 1 N–H and O–H groups in total. The van der Waals surface area contributed by atoms with E-state index in [1.807, 2.05) is 51.1 Å². The molecule has 0 aliphatic heterocycles. The lowest BCUT2D eigenvalue weighted by atomic mass is 10.1. The van der Waals surface area contributed by atoms with Crippen LogP contribution in [0.4, 0.5) is 0 Å². The summed E-state index contributed by atoms with van der Waals surface area (Å²) < 4.78 is 12.4. The zero-order valence-corrected chi connectivity index (χ0v) is 17.6. The molecule has 0 aromatic heterocycles. The molecule has 5 heteroatoms. The average molecular weight is 432 g/mol. The average Bonchev–Trinajstić information content (AvgIpc) is 3.44. The Balaban J connectivity index is 1.64. The fourth-order valence-electron chi connectivity index (χ4n) is 3.33. The van der Waals surface area contributed by atoms with Crippen molar-refractivity contribution in [1.29, 1.82) is 0 Å². The maximum absolute atomic E-state index is 12.7. The van der Waals surface area contributed by atoms with Crippen molar-refractivity contribution in [2.75, 3.05) is 13.2 Å². The molecule has 1 fully saturated rings. The highest BCUT2D eigenvalue weighted by molar-refractivity contribution is 9.10. The lowest BCUT2D eigenvalue weighted by Crippen LogP contribution is -2.28. The summed E-state index contributed by atoms with van der Waals surface area (Å²) in [5, 5.41) is 3.15. The molecule has 3 atom stereocenters. The van der Waals surface area contributed by atoms with Gasteiger partial charge in [0.25, 0.3) is 0 Å². The number of rotatable bonds is 8. The molecule has 3 unspecified atom stereocenters. The van der Waals surface area contributed by atoms with E-state index in [-0.39, 0.29) is 17.9 Å². The van der Waals surface area contributed by atoms with Crippen molar-refractivity contribution in [2.24, 2.45) is 5.92 Å². The number of hydrogen-bond donors (Lipinski definition) is 1. The SMILES string of the molecule is CCOc1ccc(C(C)NC(=O)C2CC2c2cccc(Br)c2)cc1OCC. The first kappa shape index (κ1) is 19.7. The van der Waals surface area contributed by atoms with Gasteiger partial charge in [-0.05, 0) is 68.5 Å². The summed E-state index contributed by atoms with van der Waals surface area (Å²) in [7, 11) is 0. The Labute approximate surface area is 169 Å². The predicted octanol–water partition coefficient (Wildman–Crippen LogP) is 5.23. The van der Waals surface area contributed by atoms with E-state index in [1.165, 1.54) is 5.56 Å². The van der Waals surface area contributed by atoms with E-state index >= 15 is 0 Å². The second-order valence-corrected chi connectivity index (χ2v) is 7.72. The number of nitrogens with one attached hydrogen (secondary N) is 1. The van der Waals surface area contributed by atoms with Crippen LogP contribution in [0.1, 0.15) is 50.3 Å². The number of benzene rings is 2. The number of carbonyl (C=O) groups is 1. The summed E-state index contributed by atoms with van der Waals surface area (Å²) in [5.74, 6) is 1.93. The molecular formula is C22H26BrNO3. The summed E-state index contributed by atoms with van der Waals surface area (Å²) in [5.41, 5.74) is 2.23. The molecule has 0 saturated heterocycles. The quantitative estimate of drug-likeness (QED) is 0.622. The van der Waals surface area contributed by atoms with Crippen LogP contribution in [0.3, 0.4) is 0 Å². The maximum atomic E-state index is 12.7. The molecule has 3 rings (SSSR count). The lowest BCUT2D eigenvalue weighted by Gasteiger charge is -2.17. The second kappa shape index (κ2) is 8.79. The van der Waals surface area contributed by atoms with Gasteiger partial charge in [-0.15, -0.1) is 0 Å². The molecule has 0 bridgehead atoms. The van der Waals surface area contributed by atoms with Gasteiger partial charge in [0.1, 0.15) is 0 Å². The normalized spacial score (nSPS) is 19.3. The largest absolute Gasteiger partial charge is 0.490 e. The third-order valence-electron chi connectivity index (χ3n) is 4.83. The Morgan fingerprint density at radius 2 is 1.89 bits per heavy atom. The van der Waals surface area contributed by atoms with E-state index < -0.39 is 0 Å². The van der Waals surface area contributed by atoms with Crippen LogP contribution >= 0.6 is 15.9 Å². The van der Waals surface area contributed by atoms with Crippen LogP contribution in [0, 0.1) is 5.92 Å². The molecule has 4 nitrogen and oxygen atoms in total. The molecule has 27 heavy (non-hydrogen) atoms. The van der Waals surface area contributed by atoms with Crippen molar-refractivity contribution in [3.63, 3.8) is 0 Å². The number of ether oxygens (including phenoxy) is 2. The van der Waals surface area contributed by atoms with Gasteiger partial charge in [-0.25, -0.2) is 0 Å². The standard InChI is InChI=1S/C22H26BrNO3/c1-4-26-20-10-9-15(12-21(20)27-5-2)14(3)24-22(25)19-13-18(19)16-7-6-8-17(23)11-16/h6-12,14,18-19H,4-5,13H2,1-3H3,(H,24,25). The van der Waals surface area contributed by atoms with Gasteiger partial charge in [-0.1, -0.05) is 34.1 Å². The van der Waals surface area contributed by atoms with Crippen LogP contribution in [0.15, 0.2) is 46.9 Å². The van der Waals surface area contributed by atoms with Crippen molar-refractivity contribution in [3.05, 3.63) is 58.1 Å². The smallest absolute Gasteiger partial charge is 0.224 e. The Hall–Kier alpha value is -2.01. The van der Waals surface area contributed by atoms with E-state index in [4.69, 9.17) is 9.47 Å². The van der Waals surface area contributed by atoms with Crippen LogP contribution in [-0.4, -0.2) is 19.1 Å². The minimum atomic E-state index is -0.0869. The van der Waals surface area contributed by atoms with Crippen LogP contribution in [-0.2, 0) is 4.79 Å². The van der Waals surface area contributed by atoms with Gasteiger partial charge < -0.3 is 14.8 Å². The molecule has 1 aliphatic rings. The van der Waals surface area contributed by atoms with Gasteiger partial charge in [0.15, 0.2) is 11.5 Å². The summed E-state index contributed by atoms with van der Waals surface area (Å²) in [6, 6.07) is 14.0. The van der Waals surface area contributed by atoms with Crippen molar-refractivity contribution >= 4 is 21.8 Å². The van der Waals surface area contributed by atoms with E-state index in [0.717, 1.165) is 28.0 Å². The zero-order valence-electron chi connectivity index (χ0n) is 16.0. The van der Waals surface area contributed by atoms with Gasteiger partial charge in [0.2, 0.25) is 5.91 Å². The van der Waals surface area contributed by atoms with E-state index in [2.05, 4.69) is 33.4 Å². The summed E-state index contributed by atoms with van der Waals surface area (Å²) in [6.45, 7) is 7.05. The second-order valence-electron chi connectivity index (χ2n) is 6.81. The monoisotopic (exact) mass is 431 g/mol. The number of halogens is 1. The highest BCUT2D eigenvalue weighted by atomic mass is 79.9. The molecule has 1 amide bonds. The summed E-state index contributed by atoms with van der Waals surface area (Å²) in [6.07, 6.45) is 0.905. The molecule has 1 aliphatic carbocycles. The van der Waals surface area contributed by atoms with E-state index in [1.54, 1.807) is 0 Å². The fourth-order valence-corrected chi connectivity index (χ4v) is 3.75. The number of carbonyl (C=O) groups excluding carboxylic acids is 1. The minimum absolute atomic E-state index is 0.0517. The Bertz CT molecular complexity index is 808. The molecular weight excluding hydrogens is 406 g/mol. The third-order valence-corrected chi connectivity index (χ3v) is 5.32. The summed E-state index contributed by atoms with van der Waals surface area (Å²) in [4.78, 5) is 12.7. The first-order valence-electron chi connectivity index (χ1n) is 9.48. The van der Waals surface area contributed by atoms with Crippen LogP contribution < -0.4 is 14.8 Å². The van der Waals surface area contributed by atoms with Gasteiger partial charge in [0, 0.05) is 10.4 Å². The predicted molar refractivity (Wildman–Crippen MR) is 110 cm³/mol. The van der Waals surface area contributed by atoms with E-state index in [9.17, 15) is 4.79 Å². The fraction of sp³-hybridized carbons (Fsp3) is 0.409. The first-order chi connectivity index (χ1) is 13.0. The zero-order chi connectivity index (χ0) is 19.4. The van der Waals surface area contributed by atoms with Crippen molar-refractivity contribution in [3.8, 4) is 11.5 Å². The number of amides is 1. The molecule has 0 heterocycles. The van der Waals surface area contributed by atoms with Crippen LogP contribution in [0.25, 0.3) is 0 Å². The Morgan fingerprint density at radius 1 is 1.15 bits per heavy atom. The lowest BCUT2D eigenvalue weighted by molar-refractivity contribution is -0.123.